The molecule has 5 rings (SSSR count). The summed E-state index contributed by atoms with van der Waals surface area (Å²) in [7, 11) is 0. The molecule has 2 aliphatic rings. The number of thiazole rings is 1. The van der Waals surface area contributed by atoms with Gasteiger partial charge in [0, 0.05) is 43.3 Å². The van der Waals surface area contributed by atoms with Crippen molar-refractivity contribution in [3.63, 3.8) is 0 Å². The average Bonchev–Trinajstić information content (AvgIpc) is 3.44. The van der Waals surface area contributed by atoms with Crippen LogP contribution in [0.3, 0.4) is 0 Å². The van der Waals surface area contributed by atoms with Gasteiger partial charge in [0.1, 0.15) is 11.5 Å². The van der Waals surface area contributed by atoms with E-state index in [2.05, 4.69) is 25.6 Å². The molecule has 178 valence electrons. The Morgan fingerprint density at radius 3 is 2.94 bits per heavy atom. The zero-order valence-corrected chi connectivity index (χ0v) is 19.6. The quantitative estimate of drug-likeness (QED) is 0.570. The lowest BCUT2D eigenvalue weighted by Gasteiger charge is -2.24. The molecule has 34 heavy (non-hydrogen) atoms. The van der Waals surface area contributed by atoms with E-state index in [1.807, 2.05) is 27.2 Å². The molecule has 3 N–H and O–H groups in total. The summed E-state index contributed by atoms with van der Waals surface area (Å²) in [5.74, 6) is 0.531. The summed E-state index contributed by atoms with van der Waals surface area (Å²) in [6, 6.07) is 3.69. The highest BCUT2D eigenvalue weighted by molar-refractivity contribution is 7.14. The minimum Gasteiger partial charge on any atom is -0.384 e. The van der Waals surface area contributed by atoms with E-state index in [0.717, 1.165) is 36.9 Å². The second kappa shape index (κ2) is 9.75. The number of likely N-dealkylation sites (tertiary alicyclic amines) is 1. The molecule has 0 bridgehead atoms. The maximum absolute atomic E-state index is 13.0. The second-order valence-electron chi connectivity index (χ2n) is 8.56. The van der Waals surface area contributed by atoms with Gasteiger partial charge in [-0.25, -0.2) is 19.4 Å². The molecule has 0 aliphatic carbocycles. The Morgan fingerprint density at radius 1 is 1.21 bits per heavy atom. The largest absolute Gasteiger partial charge is 0.384 e. The van der Waals surface area contributed by atoms with Crippen molar-refractivity contribution >= 4 is 34.2 Å². The lowest BCUT2D eigenvalue weighted by atomic mass is 10.1. The van der Waals surface area contributed by atoms with Crippen LogP contribution in [0.5, 0.6) is 0 Å². The number of nitrogen functional groups attached to an aromatic ring is 1. The van der Waals surface area contributed by atoms with Gasteiger partial charge < -0.3 is 16.0 Å². The minimum atomic E-state index is -0.124. The van der Waals surface area contributed by atoms with Crippen molar-refractivity contribution < 1.29 is 9.59 Å². The van der Waals surface area contributed by atoms with E-state index < -0.39 is 0 Å². The van der Waals surface area contributed by atoms with E-state index in [-0.39, 0.29) is 24.4 Å². The predicted molar refractivity (Wildman–Crippen MR) is 128 cm³/mol. The smallest absolute Gasteiger partial charge is 0.323 e. The first-order valence-corrected chi connectivity index (χ1v) is 12.4. The van der Waals surface area contributed by atoms with E-state index in [1.54, 1.807) is 17.2 Å². The van der Waals surface area contributed by atoms with Crippen molar-refractivity contribution in [2.75, 3.05) is 36.8 Å². The molecule has 3 amide bonds. The highest BCUT2D eigenvalue weighted by atomic mass is 32.1. The average molecular weight is 482 g/mol. The van der Waals surface area contributed by atoms with Crippen LogP contribution >= 0.6 is 11.3 Å². The Bertz CT molecular complexity index is 1160. The molecule has 3 aromatic heterocycles. The van der Waals surface area contributed by atoms with Gasteiger partial charge in [-0.1, -0.05) is 5.21 Å². The summed E-state index contributed by atoms with van der Waals surface area (Å²) in [5.41, 5.74) is 8.00. The molecule has 5 heterocycles. The molecule has 2 aliphatic heterocycles. The Morgan fingerprint density at radius 2 is 2.12 bits per heavy atom. The molecule has 0 aromatic carbocycles. The van der Waals surface area contributed by atoms with Crippen LogP contribution in [0.25, 0.3) is 11.3 Å². The van der Waals surface area contributed by atoms with Gasteiger partial charge in [-0.05, 0) is 37.8 Å². The molecule has 11 nitrogen and oxygen atoms in total. The monoisotopic (exact) mass is 481 g/mol. The number of hydrogen-bond donors (Lipinski definition) is 2. The van der Waals surface area contributed by atoms with E-state index in [0.29, 0.717) is 42.8 Å². The zero-order chi connectivity index (χ0) is 23.5. The molecule has 12 heteroatoms. The molecular weight excluding hydrogens is 454 g/mol. The Labute approximate surface area is 201 Å². The number of pyridine rings is 1. The fraction of sp³-hybridized carbons (Fsp3) is 0.455. The lowest BCUT2D eigenvalue weighted by molar-refractivity contribution is -0.130. The van der Waals surface area contributed by atoms with Crippen LogP contribution in [0.2, 0.25) is 0 Å². The van der Waals surface area contributed by atoms with Crippen molar-refractivity contribution in [1.29, 1.82) is 0 Å². The molecule has 1 unspecified atom stereocenters. The van der Waals surface area contributed by atoms with Gasteiger partial charge in [0.15, 0.2) is 5.13 Å². The lowest BCUT2D eigenvalue weighted by Crippen LogP contribution is -2.46. The van der Waals surface area contributed by atoms with Gasteiger partial charge in [0.2, 0.25) is 5.91 Å². The van der Waals surface area contributed by atoms with Crippen LogP contribution < -0.4 is 16.0 Å². The molecule has 2 fully saturated rings. The third-order valence-electron chi connectivity index (χ3n) is 6.20. The number of carbonyl (C=O) groups is 2. The predicted octanol–water partition coefficient (Wildman–Crippen LogP) is 2.09. The first-order chi connectivity index (χ1) is 16.6. The summed E-state index contributed by atoms with van der Waals surface area (Å²) in [6.45, 7) is 2.72. The van der Waals surface area contributed by atoms with Gasteiger partial charge >= 0.3 is 6.03 Å². The molecule has 0 spiro atoms. The van der Waals surface area contributed by atoms with Crippen LogP contribution in [0.1, 0.15) is 37.4 Å². The third-order valence-corrected chi connectivity index (χ3v) is 7.11. The number of nitrogens with two attached hydrogens (primary N) is 1. The number of nitrogens with zero attached hydrogens (tertiary/aromatic N) is 7. The number of anilines is 2. The number of aromatic nitrogens is 5. The fourth-order valence-corrected chi connectivity index (χ4v) is 5.17. The van der Waals surface area contributed by atoms with Crippen LogP contribution in [-0.4, -0.2) is 68.0 Å². The standard InChI is InChI=1S/C22H27N9O2S/c23-19-5-4-15(12-25-19)18-13-31(28-27-18)17-3-1-8-29(10-6-17)20(32)11-16-14-34-22(26-16)30-9-2-7-24-21(30)33/h4-5,12-14,17H,1-3,6-11H2,(H2,23,25)(H,24,33). The Kier molecular flexibility index (Phi) is 6.39. The number of amides is 3. The van der Waals surface area contributed by atoms with Gasteiger partial charge in [-0.3, -0.25) is 9.69 Å². The number of nitrogens with one attached hydrogen (secondary N) is 1. The molecule has 1 atom stereocenters. The van der Waals surface area contributed by atoms with Gasteiger partial charge in [-0.15, -0.1) is 16.4 Å². The maximum Gasteiger partial charge on any atom is 0.323 e. The van der Waals surface area contributed by atoms with Crippen molar-refractivity contribution in [1.82, 2.24) is 35.2 Å². The maximum atomic E-state index is 13.0. The molecule has 3 aromatic rings. The number of carbonyl (C=O) groups excluding carboxylic acids is 2. The SMILES string of the molecule is Nc1ccc(-c2cn(C3CCCN(C(=O)Cc4csc(N5CCCNC5=O)n4)CC3)nn2)cn1. The Balaban J connectivity index is 1.18. The van der Waals surface area contributed by atoms with Crippen LogP contribution in [-0.2, 0) is 11.2 Å². The van der Waals surface area contributed by atoms with Crippen LogP contribution in [0, 0.1) is 0 Å². The topological polar surface area (TPSA) is 135 Å². The van der Waals surface area contributed by atoms with Crippen molar-refractivity contribution in [3.05, 3.63) is 35.6 Å². The van der Waals surface area contributed by atoms with Gasteiger partial charge in [0.25, 0.3) is 0 Å². The molecule has 2 saturated heterocycles. The van der Waals surface area contributed by atoms with Crippen LogP contribution in [0.4, 0.5) is 15.7 Å². The second-order valence-corrected chi connectivity index (χ2v) is 9.39. The van der Waals surface area contributed by atoms with Crippen LogP contribution in [0.15, 0.2) is 29.9 Å². The van der Waals surface area contributed by atoms with E-state index in [4.69, 9.17) is 5.73 Å². The fourth-order valence-electron chi connectivity index (χ4n) is 4.32. The summed E-state index contributed by atoms with van der Waals surface area (Å²) in [4.78, 5) is 37.2. The molecular formula is C22H27N9O2S. The van der Waals surface area contributed by atoms with Gasteiger partial charge in [-0.2, -0.15) is 0 Å². The first kappa shape index (κ1) is 22.3. The summed E-state index contributed by atoms with van der Waals surface area (Å²) in [5, 5.41) is 14.0. The third kappa shape index (κ3) is 4.86. The highest BCUT2D eigenvalue weighted by Crippen LogP contribution is 2.26. The highest BCUT2D eigenvalue weighted by Gasteiger charge is 2.25. The number of urea groups is 1. The summed E-state index contributed by atoms with van der Waals surface area (Å²) >= 11 is 1.40. The van der Waals surface area contributed by atoms with E-state index in [9.17, 15) is 9.59 Å². The molecule has 0 radical (unpaired) electrons. The van der Waals surface area contributed by atoms with Crippen molar-refractivity contribution in [3.8, 4) is 11.3 Å². The number of rotatable bonds is 5. The van der Waals surface area contributed by atoms with Crippen molar-refractivity contribution in [2.45, 2.75) is 38.1 Å². The number of hydrogen-bond acceptors (Lipinski definition) is 8. The van der Waals surface area contributed by atoms with Gasteiger partial charge in [0.05, 0.1) is 24.4 Å². The normalized spacial score (nSPS) is 19.1. The molecule has 0 saturated carbocycles. The van der Waals surface area contributed by atoms with Crippen molar-refractivity contribution in [2.24, 2.45) is 0 Å². The van der Waals surface area contributed by atoms with E-state index >= 15 is 0 Å². The Hall–Kier alpha value is -3.54. The summed E-state index contributed by atoms with van der Waals surface area (Å²) in [6.07, 6.45) is 7.39. The van der Waals surface area contributed by atoms with E-state index in [1.165, 1.54) is 11.3 Å². The first-order valence-electron chi connectivity index (χ1n) is 11.5. The minimum absolute atomic E-state index is 0.0628. The summed E-state index contributed by atoms with van der Waals surface area (Å²) < 4.78 is 1.90. The zero-order valence-electron chi connectivity index (χ0n) is 18.8.